The zero-order valence-electron chi connectivity index (χ0n) is 16.7. The van der Waals surface area contributed by atoms with Crippen LogP contribution in [0.2, 0.25) is 0 Å². The molecule has 3 aromatic rings. The number of alkyl carbamates (subject to hydrolysis) is 1. The van der Waals surface area contributed by atoms with Crippen molar-refractivity contribution >= 4 is 22.0 Å². The summed E-state index contributed by atoms with van der Waals surface area (Å²) in [5.74, 6) is 6.31. The quantitative estimate of drug-likeness (QED) is 0.381. The first-order valence-corrected chi connectivity index (χ1v) is 10.8. The van der Waals surface area contributed by atoms with Crippen LogP contribution in [0.5, 0.6) is 0 Å². The van der Waals surface area contributed by atoms with E-state index >= 15 is 0 Å². The Balaban J connectivity index is 1.30. The maximum atomic E-state index is 12.2. The summed E-state index contributed by atoms with van der Waals surface area (Å²) in [5, 5.41) is 2.79. The van der Waals surface area contributed by atoms with E-state index < -0.39 is 6.09 Å². The van der Waals surface area contributed by atoms with Gasteiger partial charge in [0.05, 0.1) is 0 Å². The molecule has 30 heavy (non-hydrogen) atoms. The second-order valence-electron chi connectivity index (χ2n) is 7.29. The molecule has 0 bridgehead atoms. The number of hydrogen-bond acceptors (Lipinski definition) is 2. The molecule has 0 unspecified atom stereocenters. The smallest absolute Gasteiger partial charge is 0.407 e. The molecule has 0 heterocycles. The summed E-state index contributed by atoms with van der Waals surface area (Å²) >= 11 is 3.51. The molecule has 0 aromatic heterocycles. The van der Waals surface area contributed by atoms with Gasteiger partial charge in [0.2, 0.25) is 0 Å². The van der Waals surface area contributed by atoms with E-state index in [1.54, 1.807) is 0 Å². The molecule has 150 valence electrons. The van der Waals surface area contributed by atoms with Gasteiger partial charge in [0, 0.05) is 28.9 Å². The van der Waals surface area contributed by atoms with Crippen LogP contribution in [0.15, 0.2) is 71.2 Å². The number of halogens is 1. The monoisotopic (exact) mass is 459 g/mol. The van der Waals surface area contributed by atoms with Crippen LogP contribution in [0, 0.1) is 18.8 Å². The van der Waals surface area contributed by atoms with Gasteiger partial charge in [-0.1, -0.05) is 66.4 Å². The number of amides is 1. The molecule has 3 nitrogen and oxygen atoms in total. The Bertz CT molecular complexity index is 1100. The van der Waals surface area contributed by atoms with Crippen LogP contribution in [-0.2, 0) is 4.74 Å². The minimum atomic E-state index is -0.407. The van der Waals surface area contributed by atoms with Crippen molar-refractivity contribution in [1.82, 2.24) is 5.32 Å². The molecular formula is C26H22BrNO2. The summed E-state index contributed by atoms with van der Waals surface area (Å²) < 4.78 is 6.51. The Labute approximate surface area is 185 Å². The summed E-state index contributed by atoms with van der Waals surface area (Å²) in [6.45, 7) is 2.81. The highest BCUT2D eigenvalue weighted by atomic mass is 79.9. The summed E-state index contributed by atoms with van der Waals surface area (Å²) in [5.41, 5.74) is 6.98. The maximum Gasteiger partial charge on any atom is 0.407 e. The number of ether oxygens (including phenoxy) is 1. The molecule has 0 atom stereocenters. The first-order valence-electron chi connectivity index (χ1n) is 9.97. The number of aryl methyl sites for hydroxylation is 1. The standard InChI is InChI=1S/C26H22BrNO2/c1-18-13-14-25(27)19(16-18)8-6-7-15-28-26(29)30-17-24-22-11-4-2-9-20(22)21-10-3-5-12-23(21)24/h2-5,9-14,16,24H,7,15,17H2,1H3,(H,28,29). The minimum Gasteiger partial charge on any atom is -0.449 e. The largest absolute Gasteiger partial charge is 0.449 e. The highest BCUT2D eigenvalue weighted by Gasteiger charge is 2.28. The zero-order valence-corrected chi connectivity index (χ0v) is 18.3. The van der Waals surface area contributed by atoms with Gasteiger partial charge in [-0.25, -0.2) is 4.79 Å². The normalized spacial score (nSPS) is 11.8. The number of hydrogen-bond donors (Lipinski definition) is 1. The summed E-state index contributed by atoms with van der Waals surface area (Å²) in [6.07, 6.45) is 0.153. The molecule has 0 saturated heterocycles. The molecule has 1 amide bonds. The molecule has 0 radical (unpaired) electrons. The molecule has 1 aliphatic rings. The van der Waals surface area contributed by atoms with Gasteiger partial charge >= 0.3 is 6.09 Å². The van der Waals surface area contributed by atoms with E-state index in [1.807, 2.05) is 49.4 Å². The van der Waals surface area contributed by atoms with Gasteiger partial charge in [-0.15, -0.1) is 0 Å². The minimum absolute atomic E-state index is 0.0709. The van der Waals surface area contributed by atoms with Crippen molar-refractivity contribution in [2.45, 2.75) is 19.3 Å². The Kier molecular flexibility index (Phi) is 6.21. The van der Waals surface area contributed by atoms with Crippen LogP contribution >= 0.6 is 15.9 Å². The summed E-state index contributed by atoms with van der Waals surface area (Å²) in [7, 11) is 0. The Morgan fingerprint density at radius 3 is 2.40 bits per heavy atom. The maximum absolute atomic E-state index is 12.2. The van der Waals surface area contributed by atoms with E-state index in [2.05, 4.69) is 57.4 Å². The second kappa shape index (κ2) is 9.19. The van der Waals surface area contributed by atoms with Gasteiger partial charge in [-0.2, -0.15) is 0 Å². The van der Waals surface area contributed by atoms with Crippen molar-refractivity contribution < 1.29 is 9.53 Å². The lowest BCUT2D eigenvalue weighted by molar-refractivity contribution is 0.143. The van der Waals surface area contributed by atoms with Crippen molar-refractivity contribution in [3.8, 4) is 23.0 Å². The highest BCUT2D eigenvalue weighted by Crippen LogP contribution is 2.44. The van der Waals surface area contributed by atoms with Gasteiger partial charge in [-0.3, -0.25) is 0 Å². The molecular weight excluding hydrogens is 438 g/mol. The zero-order chi connectivity index (χ0) is 20.9. The number of fused-ring (bicyclic) bond motifs is 3. The number of nitrogens with one attached hydrogen (secondary N) is 1. The summed E-state index contributed by atoms with van der Waals surface area (Å²) in [6, 6.07) is 22.7. The van der Waals surface area contributed by atoms with Crippen LogP contribution in [0.3, 0.4) is 0 Å². The average Bonchev–Trinajstić information content (AvgIpc) is 3.08. The molecule has 1 N–H and O–H groups in total. The number of benzene rings is 3. The fourth-order valence-electron chi connectivity index (χ4n) is 3.77. The van der Waals surface area contributed by atoms with Crippen molar-refractivity contribution in [2.24, 2.45) is 0 Å². The van der Waals surface area contributed by atoms with Gasteiger partial charge in [0.25, 0.3) is 0 Å². The fourth-order valence-corrected chi connectivity index (χ4v) is 4.11. The number of carbonyl (C=O) groups excluding carboxylic acids is 1. The van der Waals surface area contributed by atoms with Crippen LogP contribution in [0.1, 0.15) is 34.6 Å². The molecule has 4 heteroatoms. The van der Waals surface area contributed by atoms with E-state index in [1.165, 1.54) is 27.8 Å². The van der Waals surface area contributed by atoms with Crippen LogP contribution in [0.25, 0.3) is 11.1 Å². The molecule has 3 aromatic carbocycles. The first-order chi connectivity index (χ1) is 14.6. The molecule has 1 aliphatic carbocycles. The second-order valence-corrected chi connectivity index (χ2v) is 8.14. The van der Waals surface area contributed by atoms with Gasteiger partial charge < -0.3 is 10.1 Å². The molecule has 0 aliphatic heterocycles. The summed E-state index contributed by atoms with van der Waals surface area (Å²) in [4.78, 5) is 12.2. The van der Waals surface area contributed by atoms with E-state index in [-0.39, 0.29) is 5.92 Å². The van der Waals surface area contributed by atoms with Gasteiger partial charge in [0.15, 0.2) is 0 Å². The lowest BCUT2D eigenvalue weighted by atomic mass is 9.98. The van der Waals surface area contributed by atoms with E-state index in [0.717, 1.165) is 10.0 Å². The van der Waals surface area contributed by atoms with Crippen molar-refractivity contribution in [1.29, 1.82) is 0 Å². The first kappa shape index (κ1) is 20.3. The lowest BCUT2D eigenvalue weighted by Crippen LogP contribution is -2.26. The highest BCUT2D eigenvalue weighted by molar-refractivity contribution is 9.10. The van der Waals surface area contributed by atoms with Crippen molar-refractivity contribution in [2.75, 3.05) is 13.2 Å². The van der Waals surface area contributed by atoms with Gasteiger partial charge in [-0.05, 0) is 62.8 Å². The third-order valence-electron chi connectivity index (χ3n) is 5.21. The molecule has 0 fully saturated rings. The number of carbonyl (C=O) groups is 1. The lowest BCUT2D eigenvalue weighted by Gasteiger charge is -2.14. The third-order valence-corrected chi connectivity index (χ3v) is 5.90. The van der Waals surface area contributed by atoms with E-state index in [9.17, 15) is 4.79 Å². The predicted molar refractivity (Wildman–Crippen MR) is 123 cm³/mol. The van der Waals surface area contributed by atoms with Crippen LogP contribution < -0.4 is 5.32 Å². The average molecular weight is 460 g/mol. The van der Waals surface area contributed by atoms with Gasteiger partial charge in [0.1, 0.15) is 6.61 Å². The molecule has 0 saturated carbocycles. The van der Waals surface area contributed by atoms with E-state index in [0.29, 0.717) is 19.6 Å². The van der Waals surface area contributed by atoms with Crippen molar-refractivity contribution in [3.63, 3.8) is 0 Å². The predicted octanol–water partition coefficient (Wildman–Crippen LogP) is 6.04. The molecule has 0 spiro atoms. The topological polar surface area (TPSA) is 38.3 Å². The Morgan fingerprint density at radius 1 is 1.03 bits per heavy atom. The number of rotatable bonds is 4. The van der Waals surface area contributed by atoms with Crippen LogP contribution in [0.4, 0.5) is 4.79 Å². The van der Waals surface area contributed by atoms with Crippen molar-refractivity contribution in [3.05, 3.63) is 93.5 Å². The fraction of sp³-hybridized carbons (Fsp3) is 0.192. The van der Waals surface area contributed by atoms with E-state index in [4.69, 9.17) is 4.74 Å². The SMILES string of the molecule is Cc1ccc(Br)c(C#CCCNC(=O)OCC2c3ccccc3-c3ccccc32)c1. The van der Waals surface area contributed by atoms with Crippen LogP contribution in [-0.4, -0.2) is 19.2 Å². The Morgan fingerprint density at radius 2 is 1.70 bits per heavy atom. The third kappa shape index (κ3) is 4.42. The Hall–Kier alpha value is -3.03. The molecule has 4 rings (SSSR count).